The highest BCUT2D eigenvalue weighted by Crippen LogP contribution is 2.68. The second-order valence-electron chi connectivity index (χ2n) is 10.3. The van der Waals surface area contributed by atoms with E-state index in [1.54, 1.807) is 0 Å². The van der Waals surface area contributed by atoms with E-state index in [4.69, 9.17) is 0 Å². The molecule has 8 atom stereocenters. The van der Waals surface area contributed by atoms with Gasteiger partial charge in [-0.15, -0.1) is 0 Å². The zero-order valence-corrected chi connectivity index (χ0v) is 18.5. The summed E-state index contributed by atoms with van der Waals surface area (Å²) in [6.45, 7) is 0.555. The first kappa shape index (κ1) is 19.9. The maximum Gasteiger partial charge on any atom is 0.234 e. The highest BCUT2D eigenvalue weighted by molar-refractivity contribution is 6.09. The van der Waals surface area contributed by atoms with Crippen LogP contribution in [0.3, 0.4) is 0 Å². The Balaban J connectivity index is 1.18. The van der Waals surface area contributed by atoms with Gasteiger partial charge in [0.25, 0.3) is 0 Å². The second kappa shape index (κ2) is 6.98. The van der Waals surface area contributed by atoms with Crippen molar-refractivity contribution >= 4 is 23.6 Å². The average molecular weight is 453 g/mol. The van der Waals surface area contributed by atoms with Gasteiger partial charge in [-0.05, 0) is 34.8 Å². The summed E-state index contributed by atoms with van der Waals surface area (Å²) in [5.74, 6) is -2.45. The molecule has 2 aromatic carbocycles. The van der Waals surface area contributed by atoms with Crippen molar-refractivity contribution in [3.05, 3.63) is 83.9 Å². The molecule has 0 aromatic heterocycles. The fourth-order valence-corrected chi connectivity index (χ4v) is 7.57. The average Bonchev–Trinajstić information content (AvgIpc) is 3.21. The molecule has 8 rings (SSSR count). The highest BCUT2D eigenvalue weighted by Gasteiger charge is 2.74. The molecule has 4 aliphatic carbocycles. The summed E-state index contributed by atoms with van der Waals surface area (Å²) in [5, 5.41) is 0. The number of benzene rings is 2. The van der Waals surface area contributed by atoms with Crippen LogP contribution in [0.25, 0.3) is 0 Å². The number of allylic oxidation sites excluding steroid dienone is 2. The van der Waals surface area contributed by atoms with Crippen LogP contribution in [0.2, 0.25) is 0 Å². The van der Waals surface area contributed by atoms with Gasteiger partial charge in [-0.2, -0.15) is 0 Å². The Morgan fingerprint density at radius 1 is 0.500 bits per heavy atom. The van der Waals surface area contributed by atoms with Crippen molar-refractivity contribution in [2.75, 3.05) is 0 Å². The van der Waals surface area contributed by atoms with E-state index < -0.39 is 11.8 Å². The molecule has 0 spiro atoms. The van der Waals surface area contributed by atoms with Crippen molar-refractivity contribution < 1.29 is 19.2 Å². The molecule has 6 nitrogen and oxygen atoms in total. The van der Waals surface area contributed by atoms with Gasteiger partial charge in [0.05, 0.1) is 36.8 Å². The molecule has 34 heavy (non-hydrogen) atoms. The predicted octanol–water partition coefficient (Wildman–Crippen LogP) is 2.65. The van der Waals surface area contributed by atoms with Crippen molar-refractivity contribution in [3.8, 4) is 0 Å². The lowest BCUT2D eigenvalue weighted by Gasteiger charge is -2.60. The summed E-state index contributed by atoms with van der Waals surface area (Å²) in [4.78, 5) is 56.5. The molecule has 2 bridgehead atoms. The van der Waals surface area contributed by atoms with E-state index in [0.29, 0.717) is 0 Å². The van der Waals surface area contributed by atoms with Crippen molar-refractivity contribution in [2.24, 2.45) is 47.3 Å². The molecule has 6 heteroatoms. The third-order valence-corrected chi connectivity index (χ3v) is 8.89. The first-order valence-corrected chi connectivity index (χ1v) is 12.0. The molecule has 6 aliphatic rings. The van der Waals surface area contributed by atoms with Crippen LogP contribution < -0.4 is 0 Å². The number of imide groups is 2. The maximum atomic E-state index is 13.5. The molecule has 2 saturated carbocycles. The number of nitrogens with zero attached hydrogens (tertiary/aromatic N) is 2. The number of hydrogen-bond donors (Lipinski definition) is 0. The smallest absolute Gasteiger partial charge is 0.234 e. The van der Waals surface area contributed by atoms with E-state index in [1.165, 1.54) is 9.80 Å². The zero-order valence-electron chi connectivity index (χ0n) is 18.5. The van der Waals surface area contributed by atoms with Crippen LogP contribution in [0, 0.1) is 47.3 Å². The molecular formula is C28H24N2O4. The van der Waals surface area contributed by atoms with Gasteiger partial charge in [-0.25, -0.2) is 0 Å². The molecule has 0 N–H and O–H groups in total. The van der Waals surface area contributed by atoms with Gasteiger partial charge in [0.15, 0.2) is 0 Å². The summed E-state index contributed by atoms with van der Waals surface area (Å²) >= 11 is 0. The Hall–Kier alpha value is -3.54. The van der Waals surface area contributed by atoms with Crippen molar-refractivity contribution in [1.82, 2.24) is 9.80 Å². The SMILES string of the molecule is O=C1[C@@H]2[C@H]3C=C[C@@H]([C@@H]2C(=O)N1Cc1ccccc1)[C@@H]1[C@@H]2C(=O)N(Cc4ccccc4)C(=O)[C@@H]2[C@H]31. The molecule has 2 heterocycles. The maximum absolute atomic E-state index is 13.5. The number of likely N-dealkylation sites (tertiary alicyclic amines) is 2. The number of fused-ring (bicyclic) bond motifs is 1. The molecule has 2 aromatic rings. The van der Waals surface area contributed by atoms with E-state index in [1.807, 2.05) is 60.7 Å². The lowest BCUT2D eigenvalue weighted by Crippen LogP contribution is -2.63. The normalized spacial score (nSPS) is 37.1. The number of rotatable bonds is 4. The molecule has 4 amide bonds. The van der Waals surface area contributed by atoms with Gasteiger partial charge in [0.1, 0.15) is 0 Å². The molecule has 170 valence electrons. The summed E-state index contributed by atoms with van der Waals surface area (Å²) in [6.07, 6.45) is 4.11. The van der Waals surface area contributed by atoms with Crippen LogP contribution in [0.15, 0.2) is 72.8 Å². The quantitative estimate of drug-likeness (QED) is 0.528. The van der Waals surface area contributed by atoms with E-state index >= 15 is 0 Å². The molecule has 0 unspecified atom stereocenters. The van der Waals surface area contributed by atoms with Gasteiger partial charge in [0.2, 0.25) is 23.6 Å². The third kappa shape index (κ3) is 2.46. The first-order valence-electron chi connectivity index (χ1n) is 12.0. The zero-order chi connectivity index (χ0) is 23.1. The van der Waals surface area contributed by atoms with E-state index in [0.717, 1.165) is 11.1 Å². The summed E-state index contributed by atoms with van der Waals surface area (Å²) < 4.78 is 0. The molecule has 0 radical (unpaired) electrons. The van der Waals surface area contributed by atoms with Crippen LogP contribution in [0.5, 0.6) is 0 Å². The van der Waals surface area contributed by atoms with Gasteiger partial charge < -0.3 is 0 Å². The van der Waals surface area contributed by atoms with Gasteiger partial charge in [-0.3, -0.25) is 29.0 Å². The fourth-order valence-electron chi connectivity index (χ4n) is 7.57. The summed E-state index contributed by atoms with van der Waals surface area (Å²) in [6, 6.07) is 19.1. The minimum Gasteiger partial charge on any atom is -0.278 e. The summed E-state index contributed by atoms with van der Waals surface area (Å²) in [5.41, 5.74) is 1.85. The van der Waals surface area contributed by atoms with Crippen molar-refractivity contribution in [1.29, 1.82) is 0 Å². The number of carbonyl (C=O) groups is 4. The second-order valence-corrected chi connectivity index (χ2v) is 10.3. The van der Waals surface area contributed by atoms with E-state index in [-0.39, 0.29) is 72.2 Å². The van der Waals surface area contributed by atoms with Crippen LogP contribution in [-0.2, 0) is 32.3 Å². The van der Waals surface area contributed by atoms with E-state index in [9.17, 15) is 19.2 Å². The lowest BCUT2D eigenvalue weighted by atomic mass is 9.40. The van der Waals surface area contributed by atoms with Gasteiger partial charge in [-0.1, -0.05) is 72.8 Å². The first-order chi connectivity index (χ1) is 16.6. The van der Waals surface area contributed by atoms with Crippen LogP contribution in [-0.4, -0.2) is 33.4 Å². The van der Waals surface area contributed by atoms with Crippen LogP contribution >= 0.6 is 0 Å². The molecule has 2 aliphatic heterocycles. The third-order valence-electron chi connectivity index (χ3n) is 8.89. The molecular weight excluding hydrogens is 428 g/mol. The minimum atomic E-state index is -0.417. The highest BCUT2D eigenvalue weighted by atomic mass is 16.2. The monoisotopic (exact) mass is 452 g/mol. The van der Waals surface area contributed by atoms with Gasteiger partial charge in [0, 0.05) is 0 Å². The Bertz CT molecular complexity index is 1200. The predicted molar refractivity (Wildman–Crippen MR) is 121 cm³/mol. The molecule has 2 saturated heterocycles. The largest absolute Gasteiger partial charge is 0.278 e. The standard InChI is InChI=1S/C28H24N2O4/c31-25-21-17-11-12-18(22(21)26(32)29(25)13-15-7-3-1-4-8-15)20-19(17)23-24(20)28(34)30(27(23)33)14-16-9-5-2-6-10-16/h1-12,17-24H,13-14H2/t17-,18+,19+,20-,21+,22-,23+,24-. The number of amides is 4. The van der Waals surface area contributed by atoms with Gasteiger partial charge >= 0.3 is 0 Å². The Kier molecular flexibility index (Phi) is 4.08. The van der Waals surface area contributed by atoms with Crippen molar-refractivity contribution in [2.45, 2.75) is 13.1 Å². The Labute approximate surface area is 197 Å². The Morgan fingerprint density at radius 2 is 0.853 bits per heavy atom. The number of hydrogen-bond acceptors (Lipinski definition) is 4. The van der Waals surface area contributed by atoms with Crippen LogP contribution in [0.4, 0.5) is 0 Å². The molecule has 4 fully saturated rings. The minimum absolute atomic E-state index is 0.0353. The summed E-state index contributed by atoms with van der Waals surface area (Å²) in [7, 11) is 0. The van der Waals surface area contributed by atoms with Crippen LogP contribution in [0.1, 0.15) is 11.1 Å². The van der Waals surface area contributed by atoms with E-state index in [2.05, 4.69) is 12.2 Å². The lowest BCUT2D eigenvalue weighted by molar-refractivity contribution is -0.166. The number of carbonyl (C=O) groups excluding carboxylic acids is 4. The fraction of sp³-hybridized carbons (Fsp3) is 0.357. The Morgan fingerprint density at radius 3 is 1.24 bits per heavy atom. The topological polar surface area (TPSA) is 74.8 Å². The van der Waals surface area contributed by atoms with Crippen molar-refractivity contribution in [3.63, 3.8) is 0 Å².